The highest BCUT2D eigenvalue weighted by Gasteiger charge is 2.23. The molecule has 0 atom stereocenters. The number of nitrogens with zero attached hydrogens (tertiary/aromatic N) is 1. The lowest BCUT2D eigenvalue weighted by atomic mass is 10.1. The molecule has 0 aliphatic carbocycles. The van der Waals surface area contributed by atoms with E-state index in [1.54, 1.807) is 0 Å². The van der Waals surface area contributed by atoms with Crippen LogP contribution < -0.4 is 0 Å². The van der Waals surface area contributed by atoms with E-state index in [2.05, 4.69) is 4.98 Å². The van der Waals surface area contributed by atoms with Gasteiger partial charge in [0.05, 0.1) is 15.5 Å². The largest absolute Gasteiger partial charge is 0.508 e. The zero-order valence-electron chi connectivity index (χ0n) is 13.6. The fourth-order valence-corrected chi connectivity index (χ4v) is 3.93. The molecule has 7 nitrogen and oxygen atoms in total. The molecule has 2 rings (SSSR count). The van der Waals surface area contributed by atoms with Gasteiger partial charge in [-0.1, -0.05) is 6.92 Å². The molecule has 9 heteroatoms. The quantitative estimate of drug-likeness (QED) is 0.749. The van der Waals surface area contributed by atoms with E-state index in [0.29, 0.717) is 0 Å². The lowest BCUT2D eigenvalue weighted by Crippen LogP contribution is -2.15. The maximum atomic E-state index is 12.5. The minimum atomic E-state index is -3.65. The Labute approximate surface area is 146 Å². The average Bonchev–Trinajstić information content (AvgIpc) is 2.55. The molecule has 0 saturated carbocycles. The Morgan fingerprint density at radius 1 is 1.16 bits per heavy atom. The summed E-state index contributed by atoms with van der Waals surface area (Å²) in [5.74, 6) is -1.07. The molecule has 1 aromatic carbocycles. The van der Waals surface area contributed by atoms with Crippen LogP contribution in [0.15, 0.2) is 46.3 Å². The molecule has 1 N–H and O–H groups in total. The molecule has 1 aromatic heterocycles. The number of phenols is 1. The maximum Gasteiger partial charge on any atom is 0.187 e. The number of phenolic OH excluding ortho intramolecular Hbond substituents is 1. The number of hydrogen-bond acceptors (Lipinski definition) is 7. The summed E-state index contributed by atoms with van der Waals surface area (Å²) in [7, 11) is -7.16. The fraction of sp³-hybridized carbons (Fsp3) is 0.250. The molecular formula is C16H17NO6S2. The predicted octanol–water partition coefficient (Wildman–Crippen LogP) is 1.41. The van der Waals surface area contributed by atoms with Crippen molar-refractivity contribution < 1.29 is 26.7 Å². The summed E-state index contributed by atoms with van der Waals surface area (Å²) in [6.45, 7) is 1.46. The van der Waals surface area contributed by atoms with Gasteiger partial charge < -0.3 is 5.11 Å². The molecule has 0 radical (unpaired) electrons. The van der Waals surface area contributed by atoms with Gasteiger partial charge in [-0.3, -0.25) is 9.78 Å². The first-order chi connectivity index (χ1) is 11.6. The Morgan fingerprint density at radius 2 is 1.84 bits per heavy atom. The van der Waals surface area contributed by atoms with Crippen LogP contribution in [0.5, 0.6) is 5.75 Å². The third-order valence-electron chi connectivity index (χ3n) is 3.58. The van der Waals surface area contributed by atoms with Gasteiger partial charge >= 0.3 is 0 Å². The maximum absolute atomic E-state index is 12.5. The fourth-order valence-electron chi connectivity index (χ4n) is 2.20. The van der Waals surface area contributed by atoms with Gasteiger partial charge in [-0.15, -0.1) is 0 Å². The topological polar surface area (TPSA) is 118 Å². The zero-order chi connectivity index (χ0) is 18.8. The highest BCUT2D eigenvalue weighted by molar-refractivity contribution is 7.91. The molecule has 0 unspecified atom stereocenters. The van der Waals surface area contributed by atoms with Crippen LogP contribution >= 0.6 is 0 Å². The monoisotopic (exact) mass is 383 g/mol. The Morgan fingerprint density at radius 3 is 2.44 bits per heavy atom. The summed E-state index contributed by atoms with van der Waals surface area (Å²) >= 11 is 0. The summed E-state index contributed by atoms with van der Waals surface area (Å²) in [5, 5.41) is 9.89. The zero-order valence-corrected chi connectivity index (χ0v) is 15.3. The third kappa shape index (κ3) is 4.23. The Kier molecular flexibility index (Phi) is 5.28. The van der Waals surface area contributed by atoms with E-state index in [4.69, 9.17) is 0 Å². The number of carbonyl (C=O) groups is 1. The van der Waals surface area contributed by atoms with E-state index in [9.17, 15) is 26.7 Å². The second kappa shape index (κ2) is 6.93. The molecule has 0 fully saturated rings. The van der Waals surface area contributed by atoms with E-state index in [1.165, 1.54) is 43.5 Å². The molecule has 1 heterocycles. The van der Waals surface area contributed by atoms with Crippen LogP contribution in [0, 0.1) is 0 Å². The van der Waals surface area contributed by atoms with E-state index in [0.717, 1.165) is 6.26 Å². The van der Waals surface area contributed by atoms with E-state index in [1.807, 2.05) is 0 Å². The number of aromatic hydroxyl groups is 1. The molecule has 0 aliphatic heterocycles. The van der Waals surface area contributed by atoms with Gasteiger partial charge in [-0.05, 0) is 30.3 Å². The summed E-state index contributed by atoms with van der Waals surface area (Å²) in [4.78, 5) is 16.2. The average molecular weight is 383 g/mol. The molecule has 0 spiro atoms. The summed E-state index contributed by atoms with van der Waals surface area (Å²) in [6, 6.07) is 6.32. The van der Waals surface area contributed by atoms with Gasteiger partial charge in [0.25, 0.3) is 0 Å². The van der Waals surface area contributed by atoms with Crippen LogP contribution in [0.1, 0.15) is 23.0 Å². The van der Waals surface area contributed by atoms with Crippen molar-refractivity contribution in [2.45, 2.75) is 23.1 Å². The Hall–Kier alpha value is -2.26. The van der Waals surface area contributed by atoms with E-state index >= 15 is 0 Å². The number of rotatable bonds is 6. The van der Waals surface area contributed by atoms with Gasteiger partial charge in [0.1, 0.15) is 11.4 Å². The standard InChI is InChI=1S/C16H17NO6S2/c1-3-25(22,23)15-5-4-8-17-16(15)14(19)10-11-9-12(24(2,20)21)6-7-13(11)18/h4-9,18H,3,10H2,1-2H3. The van der Waals surface area contributed by atoms with E-state index < -0.39 is 25.5 Å². The van der Waals surface area contributed by atoms with Gasteiger partial charge in [-0.25, -0.2) is 16.8 Å². The Balaban J connectivity index is 2.46. The molecule has 134 valence electrons. The van der Waals surface area contributed by atoms with Gasteiger partial charge in [0.15, 0.2) is 25.5 Å². The molecule has 0 saturated heterocycles. The molecule has 2 aromatic rings. The van der Waals surface area contributed by atoms with E-state index in [-0.39, 0.29) is 39.0 Å². The van der Waals surface area contributed by atoms with Crippen molar-refractivity contribution in [1.82, 2.24) is 4.98 Å². The minimum Gasteiger partial charge on any atom is -0.508 e. The first-order valence-electron chi connectivity index (χ1n) is 7.29. The van der Waals surface area contributed by atoms with Crippen molar-refractivity contribution in [2.24, 2.45) is 0 Å². The third-order valence-corrected chi connectivity index (χ3v) is 6.45. The molecule has 25 heavy (non-hydrogen) atoms. The van der Waals surface area contributed by atoms with Crippen LogP contribution in [0.25, 0.3) is 0 Å². The number of sulfone groups is 2. The SMILES string of the molecule is CCS(=O)(=O)c1cccnc1C(=O)Cc1cc(S(C)(=O)=O)ccc1O. The van der Waals surface area contributed by atoms with Crippen molar-refractivity contribution in [2.75, 3.05) is 12.0 Å². The molecule has 0 amide bonds. The number of pyridine rings is 1. The van der Waals surface area contributed by atoms with Gasteiger partial charge in [-0.2, -0.15) is 0 Å². The number of hydrogen-bond donors (Lipinski definition) is 1. The first-order valence-corrected chi connectivity index (χ1v) is 10.8. The number of Topliss-reactive ketones (excluding diaryl/α,β-unsaturated/α-hetero) is 1. The van der Waals surface area contributed by atoms with Crippen molar-refractivity contribution in [3.8, 4) is 5.75 Å². The van der Waals surface area contributed by atoms with Crippen molar-refractivity contribution in [1.29, 1.82) is 0 Å². The van der Waals surface area contributed by atoms with Crippen molar-refractivity contribution >= 4 is 25.5 Å². The smallest absolute Gasteiger partial charge is 0.187 e. The molecule has 0 aliphatic rings. The van der Waals surface area contributed by atoms with Crippen LogP contribution in [-0.2, 0) is 26.1 Å². The summed E-state index contributed by atoms with van der Waals surface area (Å²) in [5.41, 5.74) is -0.146. The minimum absolute atomic E-state index is 0.0458. The second-order valence-electron chi connectivity index (χ2n) is 5.42. The summed E-state index contributed by atoms with van der Waals surface area (Å²) < 4.78 is 47.5. The van der Waals surface area contributed by atoms with Gasteiger partial charge in [0.2, 0.25) is 0 Å². The molecule has 0 bridgehead atoms. The number of carbonyl (C=O) groups excluding carboxylic acids is 1. The highest BCUT2D eigenvalue weighted by Crippen LogP contribution is 2.24. The second-order valence-corrected chi connectivity index (χ2v) is 9.68. The number of aromatic nitrogens is 1. The number of ketones is 1. The van der Waals surface area contributed by atoms with Crippen LogP contribution in [-0.4, -0.2) is 44.7 Å². The summed E-state index contributed by atoms with van der Waals surface area (Å²) in [6.07, 6.45) is 1.93. The number of benzene rings is 1. The Bertz CT molecular complexity index is 1030. The molecular weight excluding hydrogens is 366 g/mol. The normalized spacial score (nSPS) is 12.1. The van der Waals surface area contributed by atoms with Crippen molar-refractivity contribution in [3.05, 3.63) is 47.8 Å². The lowest BCUT2D eigenvalue weighted by molar-refractivity contribution is 0.0983. The van der Waals surface area contributed by atoms with Crippen LogP contribution in [0.3, 0.4) is 0 Å². The predicted molar refractivity (Wildman–Crippen MR) is 91.2 cm³/mol. The van der Waals surface area contributed by atoms with Crippen LogP contribution in [0.2, 0.25) is 0 Å². The van der Waals surface area contributed by atoms with Crippen LogP contribution in [0.4, 0.5) is 0 Å². The van der Waals surface area contributed by atoms with Crippen molar-refractivity contribution in [3.63, 3.8) is 0 Å². The first kappa shape index (κ1) is 19.1. The lowest BCUT2D eigenvalue weighted by Gasteiger charge is -2.09. The highest BCUT2D eigenvalue weighted by atomic mass is 32.2. The van der Waals surface area contributed by atoms with Gasteiger partial charge in [0, 0.05) is 24.4 Å².